The molecule has 1 heterocycles. The first-order chi connectivity index (χ1) is 12.1. The van der Waals surface area contributed by atoms with Crippen LogP contribution in [0.3, 0.4) is 0 Å². The molecule has 5 nitrogen and oxygen atoms in total. The molecule has 1 aliphatic heterocycles. The van der Waals surface area contributed by atoms with Crippen LogP contribution in [0.1, 0.15) is 33.2 Å². The second-order valence-corrected chi connectivity index (χ2v) is 5.95. The summed E-state index contributed by atoms with van der Waals surface area (Å²) >= 11 is 0. The molecule has 0 spiro atoms. The summed E-state index contributed by atoms with van der Waals surface area (Å²) in [7, 11) is 3.40. The number of fused-ring (bicyclic) bond motifs is 1. The van der Waals surface area contributed by atoms with Crippen LogP contribution in [-0.2, 0) is 11.2 Å². The van der Waals surface area contributed by atoms with Crippen LogP contribution < -0.4 is 4.74 Å². The van der Waals surface area contributed by atoms with Gasteiger partial charge in [0.15, 0.2) is 0 Å². The van der Waals surface area contributed by atoms with Gasteiger partial charge in [0, 0.05) is 19.2 Å². The van der Waals surface area contributed by atoms with Crippen LogP contribution in [-0.4, -0.2) is 44.1 Å². The van der Waals surface area contributed by atoms with Gasteiger partial charge in [-0.25, -0.2) is 4.79 Å². The van der Waals surface area contributed by atoms with Crippen molar-refractivity contribution in [3.8, 4) is 16.9 Å². The van der Waals surface area contributed by atoms with Crippen molar-refractivity contribution >= 4 is 11.9 Å². The van der Waals surface area contributed by atoms with E-state index in [-0.39, 0.29) is 11.9 Å². The SMILES string of the molecule is CCOC(=O)c1ccc(-c2c(OC)ccc3c2C(=O)N(C)CC3)cc1. The van der Waals surface area contributed by atoms with Crippen LogP contribution in [0.5, 0.6) is 5.75 Å². The fraction of sp³-hybridized carbons (Fsp3) is 0.300. The van der Waals surface area contributed by atoms with E-state index in [1.807, 2.05) is 24.3 Å². The number of rotatable bonds is 4. The number of nitrogens with zero attached hydrogens (tertiary/aromatic N) is 1. The van der Waals surface area contributed by atoms with E-state index in [4.69, 9.17) is 9.47 Å². The fourth-order valence-corrected chi connectivity index (χ4v) is 3.10. The van der Waals surface area contributed by atoms with Gasteiger partial charge in [-0.3, -0.25) is 4.79 Å². The fourth-order valence-electron chi connectivity index (χ4n) is 3.10. The predicted molar refractivity (Wildman–Crippen MR) is 95.1 cm³/mol. The van der Waals surface area contributed by atoms with Gasteiger partial charge in [0.1, 0.15) is 5.75 Å². The van der Waals surface area contributed by atoms with Crippen molar-refractivity contribution in [1.82, 2.24) is 4.90 Å². The normalized spacial score (nSPS) is 13.4. The van der Waals surface area contributed by atoms with Crippen molar-refractivity contribution in [2.75, 3.05) is 27.3 Å². The first kappa shape index (κ1) is 17.0. The highest BCUT2D eigenvalue weighted by molar-refractivity contribution is 6.04. The molecule has 25 heavy (non-hydrogen) atoms. The van der Waals surface area contributed by atoms with Gasteiger partial charge in [-0.1, -0.05) is 18.2 Å². The number of hydrogen-bond acceptors (Lipinski definition) is 4. The predicted octanol–water partition coefficient (Wildman–Crippen LogP) is 3.17. The largest absolute Gasteiger partial charge is 0.496 e. The molecule has 0 atom stereocenters. The highest BCUT2D eigenvalue weighted by Gasteiger charge is 2.27. The molecule has 5 heteroatoms. The number of hydrogen-bond donors (Lipinski definition) is 0. The molecule has 2 aromatic rings. The number of carbonyl (C=O) groups is 2. The van der Waals surface area contributed by atoms with E-state index in [9.17, 15) is 9.59 Å². The van der Waals surface area contributed by atoms with Gasteiger partial charge in [-0.05, 0) is 42.7 Å². The molecule has 0 bridgehead atoms. The minimum atomic E-state index is -0.355. The Hall–Kier alpha value is -2.82. The number of amides is 1. The number of benzene rings is 2. The zero-order chi connectivity index (χ0) is 18.0. The number of ether oxygens (including phenoxy) is 2. The molecule has 1 aliphatic rings. The van der Waals surface area contributed by atoms with Crippen LogP contribution in [0.2, 0.25) is 0 Å². The minimum absolute atomic E-state index is 0.00961. The standard InChI is InChI=1S/C20H21NO4/c1-4-25-20(23)15-7-5-13(6-8-15)17-16(24-3)10-9-14-11-12-21(2)19(22)18(14)17/h5-10H,4,11-12H2,1-3H3. The summed E-state index contributed by atoms with van der Waals surface area (Å²) in [6.07, 6.45) is 0.815. The first-order valence-electron chi connectivity index (χ1n) is 8.29. The highest BCUT2D eigenvalue weighted by Crippen LogP contribution is 2.37. The van der Waals surface area contributed by atoms with Crippen molar-refractivity contribution in [3.05, 3.63) is 53.1 Å². The average molecular weight is 339 g/mol. The van der Waals surface area contributed by atoms with Crippen LogP contribution in [0.25, 0.3) is 11.1 Å². The van der Waals surface area contributed by atoms with Crippen LogP contribution >= 0.6 is 0 Å². The maximum Gasteiger partial charge on any atom is 0.338 e. The lowest BCUT2D eigenvalue weighted by molar-refractivity contribution is 0.0526. The Balaban J connectivity index is 2.10. The van der Waals surface area contributed by atoms with E-state index in [0.717, 1.165) is 23.1 Å². The molecule has 130 valence electrons. The third kappa shape index (κ3) is 3.09. The number of methoxy groups -OCH3 is 1. The Morgan fingerprint density at radius 1 is 1.12 bits per heavy atom. The van der Waals surface area contributed by atoms with Gasteiger partial charge in [0.05, 0.1) is 24.8 Å². The van der Waals surface area contributed by atoms with Crippen LogP contribution in [0.15, 0.2) is 36.4 Å². The van der Waals surface area contributed by atoms with Crippen molar-refractivity contribution in [2.24, 2.45) is 0 Å². The summed E-state index contributed by atoms with van der Waals surface area (Å²) in [5.74, 6) is 0.280. The Morgan fingerprint density at radius 2 is 1.84 bits per heavy atom. The Kier molecular flexibility index (Phi) is 4.74. The number of esters is 1. The second-order valence-electron chi connectivity index (χ2n) is 5.95. The second kappa shape index (κ2) is 6.97. The molecule has 1 amide bonds. The highest BCUT2D eigenvalue weighted by atomic mass is 16.5. The van der Waals surface area contributed by atoms with Gasteiger partial charge in [-0.15, -0.1) is 0 Å². The van der Waals surface area contributed by atoms with E-state index in [1.165, 1.54) is 0 Å². The third-order valence-electron chi connectivity index (χ3n) is 4.44. The smallest absolute Gasteiger partial charge is 0.338 e. The molecule has 0 fully saturated rings. The lowest BCUT2D eigenvalue weighted by atomic mass is 9.89. The average Bonchev–Trinajstić information content (AvgIpc) is 2.64. The summed E-state index contributed by atoms with van der Waals surface area (Å²) in [6.45, 7) is 2.82. The zero-order valence-electron chi connectivity index (χ0n) is 14.7. The van der Waals surface area contributed by atoms with Crippen molar-refractivity contribution in [1.29, 1.82) is 0 Å². The minimum Gasteiger partial charge on any atom is -0.496 e. The third-order valence-corrected chi connectivity index (χ3v) is 4.44. The first-order valence-corrected chi connectivity index (χ1v) is 8.29. The molecular weight excluding hydrogens is 318 g/mol. The lowest BCUT2D eigenvalue weighted by Gasteiger charge is -2.27. The van der Waals surface area contributed by atoms with Crippen LogP contribution in [0.4, 0.5) is 0 Å². The molecule has 0 radical (unpaired) electrons. The topological polar surface area (TPSA) is 55.8 Å². The van der Waals surface area contributed by atoms with Crippen molar-refractivity contribution in [2.45, 2.75) is 13.3 Å². The summed E-state index contributed by atoms with van der Waals surface area (Å²) in [6, 6.07) is 10.9. The van der Waals surface area contributed by atoms with Crippen molar-refractivity contribution in [3.63, 3.8) is 0 Å². The van der Waals surface area contributed by atoms with E-state index in [2.05, 4.69) is 0 Å². The number of carbonyl (C=O) groups excluding carboxylic acids is 2. The summed E-state index contributed by atoms with van der Waals surface area (Å²) in [4.78, 5) is 26.3. The Bertz CT molecular complexity index is 811. The Morgan fingerprint density at radius 3 is 2.48 bits per heavy atom. The maximum atomic E-state index is 12.7. The molecule has 2 aromatic carbocycles. The zero-order valence-corrected chi connectivity index (χ0v) is 14.7. The lowest BCUT2D eigenvalue weighted by Crippen LogP contribution is -2.34. The summed E-state index contributed by atoms with van der Waals surface area (Å²) in [5, 5.41) is 0. The molecule has 0 saturated heterocycles. The van der Waals surface area contributed by atoms with E-state index in [1.54, 1.807) is 38.1 Å². The molecule has 0 aromatic heterocycles. The summed E-state index contributed by atoms with van der Waals surface area (Å²) < 4.78 is 10.5. The molecule has 0 aliphatic carbocycles. The van der Waals surface area contributed by atoms with Crippen molar-refractivity contribution < 1.29 is 19.1 Å². The Labute approximate surface area is 147 Å². The van der Waals surface area contributed by atoms with Gasteiger partial charge < -0.3 is 14.4 Å². The summed E-state index contributed by atoms with van der Waals surface area (Å²) in [5.41, 5.74) is 3.79. The molecule has 0 N–H and O–H groups in total. The number of likely N-dealkylation sites (N-methyl/N-ethyl adjacent to an activating group) is 1. The maximum absolute atomic E-state index is 12.7. The molecule has 3 rings (SSSR count). The molecule has 0 saturated carbocycles. The molecule has 0 unspecified atom stereocenters. The molecular formula is C20H21NO4. The van der Waals surface area contributed by atoms with Gasteiger partial charge in [-0.2, -0.15) is 0 Å². The quantitative estimate of drug-likeness (QED) is 0.803. The van der Waals surface area contributed by atoms with Gasteiger partial charge in [0.25, 0.3) is 5.91 Å². The van der Waals surface area contributed by atoms with Gasteiger partial charge in [0.2, 0.25) is 0 Å². The van der Waals surface area contributed by atoms with Gasteiger partial charge >= 0.3 is 5.97 Å². The van der Waals surface area contributed by atoms with E-state index < -0.39 is 0 Å². The monoisotopic (exact) mass is 339 g/mol. The van der Waals surface area contributed by atoms with E-state index >= 15 is 0 Å². The van der Waals surface area contributed by atoms with E-state index in [0.29, 0.717) is 30.0 Å². The van der Waals surface area contributed by atoms with Crippen LogP contribution in [0, 0.1) is 0 Å².